The number of aromatic nitrogens is 1. The summed E-state index contributed by atoms with van der Waals surface area (Å²) in [5.74, 6) is -2.81. The molecule has 146 valence electrons. The fraction of sp³-hybridized carbons (Fsp3) is 0.294. The van der Waals surface area contributed by atoms with Gasteiger partial charge in [-0.15, -0.1) is 0 Å². The first-order chi connectivity index (χ1) is 12.7. The van der Waals surface area contributed by atoms with Gasteiger partial charge in [0.15, 0.2) is 0 Å². The number of nitrogens with one attached hydrogen (secondary N) is 2. The number of anilines is 2. The van der Waals surface area contributed by atoms with Crippen molar-refractivity contribution >= 4 is 33.2 Å². The molecule has 0 saturated heterocycles. The second kappa shape index (κ2) is 9.07. The van der Waals surface area contributed by atoms with Gasteiger partial charge in [0.05, 0.1) is 23.0 Å². The molecule has 0 bridgehead atoms. The Labute approximate surface area is 162 Å². The standard InChI is InChI=1S/C17H18BrF2N3O4/c1-3-23-7-11(16(25)22-27-8-9(2)24)15(14(20)17(23)26)21-13-5-4-10(18)6-12(13)19/h4-7,9,21,24H,3,8H2,1-2H3,(H,22,25). The number of aliphatic hydroxyl groups is 1. The summed E-state index contributed by atoms with van der Waals surface area (Å²) >= 11 is 3.11. The average Bonchev–Trinajstić information content (AvgIpc) is 2.60. The number of amides is 1. The highest BCUT2D eigenvalue weighted by molar-refractivity contribution is 9.10. The van der Waals surface area contributed by atoms with Gasteiger partial charge < -0.3 is 15.0 Å². The zero-order valence-electron chi connectivity index (χ0n) is 14.6. The summed E-state index contributed by atoms with van der Waals surface area (Å²) in [5, 5.41) is 11.6. The molecule has 0 fully saturated rings. The number of hydrogen-bond donors (Lipinski definition) is 3. The van der Waals surface area contributed by atoms with Crippen LogP contribution in [-0.4, -0.2) is 28.3 Å². The summed E-state index contributed by atoms with van der Waals surface area (Å²) in [6, 6.07) is 4.00. The molecule has 1 aromatic heterocycles. The quantitative estimate of drug-likeness (QED) is 0.569. The minimum atomic E-state index is -1.23. The van der Waals surface area contributed by atoms with Crippen molar-refractivity contribution in [3.63, 3.8) is 0 Å². The minimum Gasteiger partial charge on any atom is -0.391 e. The number of rotatable bonds is 7. The molecule has 2 rings (SSSR count). The van der Waals surface area contributed by atoms with E-state index >= 15 is 0 Å². The second-order valence-corrected chi connectivity index (χ2v) is 6.58. The first kappa shape index (κ1) is 21.0. The van der Waals surface area contributed by atoms with E-state index in [4.69, 9.17) is 9.94 Å². The van der Waals surface area contributed by atoms with Gasteiger partial charge in [-0.3, -0.25) is 14.4 Å². The Kier molecular flexibility index (Phi) is 7.05. The molecule has 27 heavy (non-hydrogen) atoms. The van der Waals surface area contributed by atoms with Gasteiger partial charge in [-0.2, -0.15) is 4.39 Å². The number of halogens is 3. The van der Waals surface area contributed by atoms with Gasteiger partial charge in [-0.1, -0.05) is 15.9 Å². The minimum absolute atomic E-state index is 0.121. The molecular formula is C17H18BrF2N3O4. The van der Waals surface area contributed by atoms with Crippen molar-refractivity contribution in [3.8, 4) is 0 Å². The van der Waals surface area contributed by atoms with Crippen LogP contribution in [0.15, 0.2) is 33.7 Å². The number of carbonyl (C=O) groups excluding carboxylic acids is 1. The average molecular weight is 446 g/mol. The summed E-state index contributed by atoms with van der Waals surface area (Å²) in [7, 11) is 0. The van der Waals surface area contributed by atoms with Crippen LogP contribution in [0.4, 0.5) is 20.2 Å². The Morgan fingerprint density at radius 1 is 1.41 bits per heavy atom. The largest absolute Gasteiger partial charge is 0.391 e. The number of hydroxylamine groups is 1. The highest BCUT2D eigenvalue weighted by Gasteiger charge is 2.22. The van der Waals surface area contributed by atoms with E-state index in [0.29, 0.717) is 4.47 Å². The van der Waals surface area contributed by atoms with E-state index < -0.39 is 34.9 Å². The van der Waals surface area contributed by atoms with Gasteiger partial charge in [0.1, 0.15) is 12.4 Å². The Hall–Kier alpha value is -2.30. The lowest BCUT2D eigenvalue weighted by atomic mass is 10.2. The Morgan fingerprint density at radius 3 is 2.70 bits per heavy atom. The van der Waals surface area contributed by atoms with Crippen LogP contribution in [0.5, 0.6) is 0 Å². The smallest absolute Gasteiger partial charge is 0.288 e. The van der Waals surface area contributed by atoms with Gasteiger partial charge >= 0.3 is 0 Å². The molecule has 3 N–H and O–H groups in total. The van der Waals surface area contributed by atoms with Gasteiger partial charge in [0.25, 0.3) is 11.5 Å². The molecule has 0 spiro atoms. The Morgan fingerprint density at radius 2 is 2.11 bits per heavy atom. The predicted molar refractivity (Wildman–Crippen MR) is 98.8 cm³/mol. The lowest BCUT2D eigenvalue weighted by Crippen LogP contribution is -2.31. The molecule has 0 radical (unpaired) electrons. The number of nitrogens with zero attached hydrogens (tertiary/aromatic N) is 1. The van der Waals surface area contributed by atoms with Gasteiger partial charge in [0, 0.05) is 17.2 Å². The van der Waals surface area contributed by atoms with E-state index in [1.807, 2.05) is 0 Å². The molecule has 0 aliphatic rings. The van der Waals surface area contributed by atoms with Crippen molar-refractivity contribution in [2.24, 2.45) is 0 Å². The van der Waals surface area contributed by atoms with Crippen LogP contribution in [0.25, 0.3) is 0 Å². The molecule has 1 aromatic carbocycles. The lowest BCUT2D eigenvalue weighted by molar-refractivity contribution is -0.00688. The Balaban J connectivity index is 2.45. The van der Waals surface area contributed by atoms with Gasteiger partial charge in [-0.05, 0) is 32.0 Å². The van der Waals surface area contributed by atoms with E-state index in [0.717, 1.165) is 16.8 Å². The third-order valence-corrected chi connectivity index (χ3v) is 3.98. The highest BCUT2D eigenvalue weighted by Crippen LogP contribution is 2.26. The normalized spacial score (nSPS) is 11.9. The molecule has 1 atom stereocenters. The maximum absolute atomic E-state index is 14.6. The maximum Gasteiger partial charge on any atom is 0.288 e. The van der Waals surface area contributed by atoms with Crippen LogP contribution >= 0.6 is 15.9 Å². The van der Waals surface area contributed by atoms with Crippen LogP contribution in [0.1, 0.15) is 24.2 Å². The van der Waals surface area contributed by atoms with Crippen molar-refractivity contribution in [3.05, 3.63) is 56.4 Å². The van der Waals surface area contributed by atoms with Crippen LogP contribution in [-0.2, 0) is 11.4 Å². The monoisotopic (exact) mass is 445 g/mol. The van der Waals surface area contributed by atoms with Gasteiger partial charge in [0.2, 0.25) is 5.82 Å². The zero-order chi connectivity index (χ0) is 20.1. The number of aryl methyl sites for hydroxylation is 1. The van der Waals surface area contributed by atoms with Crippen molar-refractivity contribution in [1.82, 2.24) is 10.0 Å². The molecule has 0 aliphatic carbocycles. The molecule has 2 aromatic rings. The van der Waals surface area contributed by atoms with Crippen LogP contribution in [0.2, 0.25) is 0 Å². The third-order valence-electron chi connectivity index (χ3n) is 3.49. The molecular weight excluding hydrogens is 428 g/mol. The number of benzene rings is 1. The second-order valence-electron chi connectivity index (χ2n) is 5.66. The fourth-order valence-corrected chi connectivity index (χ4v) is 2.50. The molecule has 10 heteroatoms. The van der Waals surface area contributed by atoms with Crippen LogP contribution in [0.3, 0.4) is 0 Å². The SMILES string of the molecule is CCn1cc(C(=O)NOCC(C)O)c(Nc2ccc(Br)cc2F)c(F)c1=O. The van der Waals surface area contributed by atoms with Crippen LogP contribution < -0.4 is 16.4 Å². The fourth-order valence-electron chi connectivity index (χ4n) is 2.17. The zero-order valence-corrected chi connectivity index (χ0v) is 16.1. The number of carbonyl (C=O) groups is 1. The predicted octanol–water partition coefficient (Wildman–Crippen LogP) is 2.69. The van der Waals surface area contributed by atoms with Crippen molar-refractivity contribution in [2.45, 2.75) is 26.5 Å². The summed E-state index contributed by atoms with van der Waals surface area (Å²) < 4.78 is 30.2. The first-order valence-corrected chi connectivity index (χ1v) is 8.79. The topological polar surface area (TPSA) is 92.6 Å². The number of hydrogen-bond acceptors (Lipinski definition) is 5. The summed E-state index contributed by atoms with van der Waals surface area (Å²) in [4.78, 5) is 29.3. The first-order valence-electron chi connectivity index (χ1n) is 7.99. The molecule has 1 amide bonds. The highest BCUT2D eigenvalue weighted by atomic mass is 79.9. The third kappa shape index (κ3) is 5.12. The molecule has 1 unspecified atom stereocenters. The Bertz CT molecular complexity index is 902. The summed E-state index contributed by atoms with van der Waals surface area (Å²) in [6.07, 6.45) is 0.312. The van der Waals surface area contributed by atoms with E-state index in [2.05, 4.69) is 26.7 Å². The van der Waals surface area contributed by atoms with E-state index in [1.165, 1.54) is 19.1 Å². The molecule has 7 nitrogen and oxygen atoms in total. The van der Waals surface area contributed by atoms with Crippen LogP contribution in [0, 0.1) is 11.6 Å². The summed E-state index contributed by atoms with van der Waals surface area (Å²) in [5.41, 5.74) is 0.232. The van der Waals surface area contributed by atoms with E-state index in [-0.39, 0.29) is 24.4 Å². The van der Waals surface area contributed by atoms with Crippen molar-refractivity contribution in [1.29, 1.82) is 0 Å². The molecule has 0 saturated carbocycles. The number of aliphatic hydroxyl groups excluding tert-OH is 1. The van der Waals surface area contributed by atoms with Crippen molar-refractivity contribution in [2.75, 3.05) is 11.9 Å². The molecule has 1 heterocycles. The maximum atomic E-state index is 14.6. The molecule has 0 aliphatic heterocycles. The lowest BCUT2D eigenvalue weighted by Gasteiger charge is -2.16. The number of pyridine rings is 1. The summed E-state index contributed by atoms with van der Waals surface area (Å²) in [6.45, 7) is 2.99. The van der Waals surface area contributed by atoms with Gasteiger partial charge in [-0.25, -0.2) is 9.87 Å². The van der Waals surface area contributed by atoms with E-state index in [1.54, 1.807) is 6.92 Å². The van der Waals surface area contributed by atoms with Crippen molar-refractivity contribution < 1.29 is 23.5 Å². The van der Waals surface area contributed by atoms with E-state index in [9.17, 15) is 18.4 Å².